The minimum Gasteiger partial charge on any atom is -0.497 e. The zero-order chi connectivity index (χ0) is 22.4. The summed E-state index contributed by atoms with van der Waals surface area (Å²) in [5, 5.41) is 6.85. The van der Waals surface area contributed by atoms with Crippen molar-refractivity contribution in [1.82, 2.24) is 4.83 Å². The van der Waals surface area contributed by atoms with Crippen LogP contribution in [0, 0.1) is 6.92 Å². The Morgan fingerprint density at radius 2 is 1.58 bits per heavy atom. The van der Waals surface area contributed by atoms with E-state index in [0.29, 0.717) is 28.3 Å². The van der Waals surface area contributed by atoms with Gasteiger partial charge in [0.2, 0.25) is 0 Å². The van der Waals surface area contributed by atoms with Gasteiger partial charge in [0.05, 0.1) is 17.7 Å². The molecule has 0 atom stereocenters. The average molecular weight is 438 g/mol. The largest absolute Gasteiger partial charge is 0.497 e. The average Bonchev–Trinajstić information content (AvgIpc) is 2.78. The second kappa shape index (κ2) is 9.44. The van der Waals surface area contributed by atoms with Crippen molar-refractivity contribution >= 4 is 27.3 Å². The summed E-state index contributed by atoms with van der Waals surface area (Å²) in [4.78, 5) is 14.7. The number of hydrogen-bond acceptors (Lipinski definition) is 5. The number of amides is 1. The molecule has 0 heterocycles. The Bertz CT molecular complexity index is 1200. The highest BCUT2D eigenvalue weighted by Crippen LogP contribution is 2.16. The SMILES string of the molecule is COc1ccc(S(=O)(=O)N/N=C(\C)c2ccc(NC(=O)c3ccccc3C)cc2)cc1. The molecule has 0 saturated carbocycles. The number of hydrazone groups is 1. The summed E-state index contributed by atoms with van der Waals surface area (Å²) in [5.74, 6) is 0.372. The van der Waals surface area contributed by atoms with Crippen LogP contribution in [-0.4, -0.2) is 27.1 Å². The number of carbonyl (C=O) groups is 1. The summed E-state index contributed by atoms with van der Waals surface area (Å²) in [6.07, 6.45) is 0. The van der Waals surface area contributed by atoms with Crippen molar-refractivity contribution in [3.05, 3.63) is 89.5 Å². The summed E-state index contributed by atoms with van der Waals surface area (Å²) >= 11 is 0. The van der Waals surface area contributed by atoms with Crippen LogP contribution in [0.1, 0.15) is 28.4 Å². The van der Waals surface area contributed by atoms with Crippen LogP contribution in [0.25, 0.3) is 0 Å². The molecule has 0 unspecified atom stereocenters. The smallest absolute Gasteiger partial charge is 0.276 e. The number of rotatable bonds is 7. The quantitative estimate of drug-likeness (QED) is 0.432. The number of benzene rings is 3. The highest BCUT2D eigenvalue weighted by Gasteiger charge is 2.13. The Morgan fingerprint density at radius 3 is 2.19 bits per heavy atom. The van der Waals surface area contributed by atoms with Crippen LogP contribution < -0.4 is 14.9 Å². The Labute approximate surface area is 181 Å². The standard InChI is InChI=1S/C23H23N3O4S/c1-16-6-4-5-7-22(16)23(27)24-19-10-8-18(9-11-19)17(2)25-26-31(28,29)21-14-12-20(30-3)13-15-21/h4-15,26H,1-3H3,(H,24,27)/b25-17+. The lowest BCUT2D eigenvalue weighted by Gasteiger charge is -2.09. The topological polar surface area (TPSA) is 96.9 Å². The highest BCUT2D eigenvalue weighted by atomic mass is 32.2. The van der Waals surface area contributed by atoms with Gasteiger partial charge in [-0.1, -0.05) is 30.3 Å². The molecule has 0 aliphatic carbocycles. The molecule has 0 aromatic heterocycles. The molecule has 0 saturated heterocycles. The summed E-state index contributed by atoms with van der Waals surface area (Å²) in [6, 6.07) is 20.4. The van der Waals surface area contributed by atoms with Gasteiger partial charge in [-0.05, 0) is 67.4 Å². The van der Waals surface area contributed by atoms with Crippen molar-refractivity contribution in [2.24, 2.45) is 5.10 Å². The first kappa shape index (κ1) is 22.0. The third-order valence-electron chi connectivity index (χ3n) is 4.65. The minimum atomic E-state index is -3.80. The van der Waals surface area contributed by atoms with Crippen LogP contribution in [0.15, 0.2) is 82.8 Å². The maximum atomic E-state index is 12.4. The van der Waals surface area contributed by atoms with Crippen LogP contribution in [-0.2, 0) is 10.0 Å². The van der Waals surface area contributed by atoms with Crippen LogP contribution in [0.5, 0.6) is 5.75 Å². The Morgan fingerprint density at radius 1 is 0.935 bits per heavy atom. The third-order valence-corrected chi connectivity index (χ3v) is 5.88. The van der Waals surface area contributed by atoms with Crippen molar-refractivity contribution in [3.8, 4) is 5.75 Å². The van der Waals surface area contributed by atoms with E-state index in [1.807, 2.05) is 25.1 Å². The molecule has 1 amide bonds. The second-order valence-corrected chi connectivity index (χ2v) is 8.47. The first-order valence-corrected chi connectivity index (χ1v) is 11.0. The van der Waals surface area contributed by atoms with Gasteiger partial charge in [0, 0.05) is 11.3 Å². The number of methoxy groups -OCH3 is 1. The van der Waals surface area contributed by atoms with E-state index in [-0.39, 0.29) is 10.8 Å². The van der Waals surface area contributed by atoms with Gasteiger partial charge in [-0.3, -0.25) is 4.79 Å². The summed E-state index contributed by atoms with van der Waals surface area (Å²) < 4.78 is 29.8. The molecule has 2 N–H and O–H groups in total. The van der Waals surface area contributed by atoms with E-state index >= 15 is 0 Å². The van der Waals surface area contributed by atoms with Gasteiger partial charge in [-0.2, -0.15) is 18.4 Å². The van der Waals surface area contributed by atoms with Crippen LogP contribution in [0.4, 0.5) is 5.69 Å². The summed E-state index contributed by atoms with van der Waals surface area (Å²) in [6.45, 7) is 3.57. The molecular weight excluding hydrogens is 414 g/mol. The van der Waals surface area contributed by atoms with Crippen molar-refractivity contribution in [2.75, 3.05) is 12.4 Å². The predicted molar refractivity (Wildman–Crippen MR) is 121 cm³/mol. The fraction of sp³-hybridized carbons (Fsp3) is 0.130. The number of aryl methyl sites for hydroxylation is 1. The number of ether oxygens (including phenoxy) is 1. The van der Waals surface area contributed by atoms with Crippen molar-refractivity contribution in [1.29, 1.82) is 0 Å². The fourth-order valence-corrected chi connectivity index (χ4v) is 3.68. The van der Waals surface area contributed by atoms with E-state index in [9.17, 15) is 13.2 Å². The molecule has 3 aromatic rings. The van der Waals surface area contributed by atoms with Gasteiger partial charge in [-0.25, -0.2) is 0 Å². The molecule has 0 spiro atoms. The molecule has 0 aliphatic heterocycles. The number of hydrogen-bond donors (Lipinski definition) is 2. The summed E-state index contributed by atoms with van der Waals surface area (Å²) in [7, 11) is -2.29. The van der Waals surface area contributed by atoms with E-state index in [0.717, 1.165) is 5.56 Å². The lowest BCUT2D eigenvalue weighted by molar-refractivity contribution is 0.102. The summed E-state index contributed by atoms with van der Waals surface area (Å²) in [5.41, 5.74) is 3.32. The van der Waals surface area contributed by atoms with E-state index < -0.39 is 10.0 Å². The zero-order valence-electron chi connectivity index (χ0n) is 17.4. The molecular formula is C23H23N3O4S. The maximum absolute atomic E-state index is 12.4. The molecule has 0 fully saturated rings. The van der Waals surface area contributed by atoms with Gasteiger partial charge >= 0.3 is 0 Å². The Balaban J connectivity index is 1.67. The molecule has 31 heavy (non-hydrogen) atoms. The molecule has 3 rings (SSSR count). The highest BCUT2D eigenvalue weighted by molar-refractivity contribution is 7.89. The van der Waals surface area contributed by atoms with Crippen molar-refractivity contribution < 1.29 is 17.9 Å². The Kier molecular flexibility index (Phi) is 6.71. The van der Waals surface area contributed by atoms with Crippen molar-refractivity contribution in [2.45, 2.75) is 18.7 Å². The number of nitrogens with one attached hydrogen (secondary N) is 2. The minimum absolute atomic E-state index is 0.0825. The molecule has 0 aliphatic rings. The maximum Gasteiger partial charge on any atom is 0.276 e. The van der Waals surface area contributed by atoms with Gasteiger partial charge in [-0.15, -0.1) is 0 Å². The van der Waals surface area contributed by atoms with E-state index in [2.05, 4.69) is 15.2 Å². The number of nitrogens with zero attached hydrogens (tertiary/aromatic N) is 1. The van der Waals surface area contributed by atoms with E-state index in [1.54, 1.807) is 49.4 Å². The number of carbonyl (C=O) groups excluding carboxylic acids is 1. The van der Waals surface area contributed by atoms with Crippen LogP contribution in [0.3, 0.4) is 0 Å². The molecule has 3 aromatic carbocycles. The molecule has 8 heteroatoms. The van der Waals surface area contributed by atoms with Crippen molar-refractivity contribution in [3.63, 3.8) is 0 Å². The van der Waals surface area contributed by atoms with Gasteiger partial charge in [0.1, 0.15) is 5.75 Å². The van der Waals surface area contributed by atoms with Gasteiger partial charge < -0.3 is 10.1 Å². The van der Waals surface area contributed by atoms with Gasteiger partial charge in [0.25, 0.3) is 15.9 Å². The number of sulfonamides is 1. The van der Waals surface area contributed by atoms with Crippen LogP contribution >= 0.6 is 0 Å². The first-order chi connectivity index (χ1) is 14.8. The molecule has 7 nitrogen and oxygen atoms in total. The lowest BCUT2D eigenvalue weighted by Crippen LogP contribution is -2.20. The normalized spacial score (nSPS) is 11.6. The third kappa shape index (κ3) is 5.49. The molecule has 0 radical (unpaired) electrons. The van der Waals surface area contributed by atoms with E-state index in [4.69, 9.17) is 4.74 Å². The number of anilines is 1. The molecule has 0 bridgehead atoms. The monoisotopic (exact) mass is 437 g/mol. The molecule has 160 valence electrons. The predicted octanol–water partition coefficient (Wildman–Crippen LogP) is 3.96. The Hall–Kier alpha value is -3.65. The van der Waals surface area contributed by atoms with Crippen LogP contribution in [0.2, 0.25) is 0 Å². The zero-order valence-corrected chi connectivity index (χ0v) is 18.2. The fourth-order valence-electron chi connectivity index (χ4n) is 2.82. The van der Waals surface area contributed by atoms with Gasteiger partial charge in [0.15, 0.2) is 0 Å². The lowest BCUT2D eigenvalue weighted by atomic mass is 10.1. The first-order valence-electron chi connectivity index (χ1n) is 9.48. The second-order valence-electron chi connectivity index (χ2n) is 6.81. The van der Waals surface area contributed by atoms with E-state index in [1.165, 1.54) is 19.2 Å².